The third-order valence-electron chi connectivity index (χ3n) is 2.72. The molecule has 0 saturated carbocycles. The largest absolute Gasteiger partial charge is 0.457 e. The number of imidazole rings is 1. The second-order valence-corrected chi connectivity index (χ2v) is 5.82. The van der Waals surface area contributed by atoms with Crippen LogP contribution in [0.4, 0.5) is 0 Å². The highest BCUT2D eigenvalue weighted by Crippen LogP contribution is 2.11. The van der Waals surface area contributed by atoms with Crippen molar-refractivity contribution in [1.82, 2.24) is 9.97 Å². The zero-order valence-electron chi connectivity index (χ0n) is 12.6. The molecule has 1 heterocycles. The molecule has 1 N–H and O–H groups in total. The fraction of sp³-hybridized carbons (Fsp3) is 0.294. The highest BCUT2D eigenvalue weighted by molar-refractivity contribution is 5.87. The maximum atomic E-state index is 11.6. The lowest BCUT2D eigenvalue weighted by atomic mass is 10.1. The maximum Gasteiger partial charge on any atom is 0.331 e. The molecule has 0 fully saturated rings. The van der Waals surface area contributed by atoms with Crippen molar-refractivity contribution in [2.24, 2.45) is 0 Å². The topological polar surface area (TPSA) is 55.0 Å². The van der Waals surface area contributed by atoms with Crippen molar-refractivity contribution in [2.45, 2.75) is 32.8 Å². The van der Waals surface area contributed by atoms with Gasteiger partial charge < -0.3 is 9.72 Å². The Morgan fingerprint density at radius 2 is 2.00 bits per heavy atom. The van der Waals surface area contributed by atoms with Crippen molar-refractivity contribution >= 4 is 12.0 Å². The third-order valence-corrected chi connectivity index (χ3v) is 2.72. The summed E-state index contributed by atoms with van der Waals surface area (Å²) in [6.45, 7) is 5.55. The summed E-state index contributed by atoms with van der Waals surface area (Å²) in [5.74, 6) is 0.606. The van der Waals surface area contributed by atoms with Crippen LogP contribution in [0.25, 0.3) is 6.08 Å². The van der Waals surface area contributed by atoms with Crippen molar-refractivity contribution in [3.05, 3.63) is 59.7 Å². The molecule has 2 aromatic rings. The van der Waals surface area contributed by atoms with E-state index in [2.05, 4.69) is 9.97 Å². The summed E-state index contributed by atoms with van der Waals surface area (Å²) in [4.78, 5) is 18.9. The fourth-order valence-electron chi connectivity index (χ4n) is 1.83. The SMILES string of the molecule is CC(C)(C)OC(=O)C=Cc1ccc(Cc2ncc[nH]2)cc1. The van der Waals surface area contributed by atoms with Gasteiger partial charge in [0.15, 0.2) is 0 Å². The fourth-order valence-corrected chi connectivity index (χ4v) is 1.83. The van der Waals surface area contributed by atoms with Crippen LogP contribution < -0.4 is 0 Å². The lowest BCUT2D eigenvalue weighted by molar-refractivity contribution is -0.148. The van der Waals surface area contributed by atoms with Gasteiger partial charge in [0.25, 0.3) is 0 Å². The predicted molar refractivity (Wildman–Crippen MR) is 82.7 cm³/mol. The summed E-state index contributed by atoms with van der Waals surface area (Å²) in [5, 5.41) is 0. The average molecular weight is 284 g/mol. The smallest absolute Gasteiger partial charge is 0.331 e. The van der Waals surface area contributed by atoms with Crippen LogP contribution in [0, 0.1) is 0 Å². The molecule has 4 nitrogen and oxygen atoms in total. The number of esters is 1. The van der Waals surface area contributed by atoms with Crippen LogP contribution in [0.2, 0.25) is 0 Å². The van der Waals surface area contributed by atoms with E-state index in [4.69, 9.17) is 4.74 Å². The Bertz CT molecular complexity index is 605. The molecule has 21 heavy (non-hydrogen) atoms. The van der Waals surface area contributed by atoms with E-state index in [1.54, 1.807) is 12.3 Å². The molecule has 0 saturated heterocycles. The van der Waals surface area contributed by atoms with Crippen LogP contribution in [0.5, 0.6) is 0 Å². The van der Waals surface area contributed by atoms with Gasteiger partial charge in [-0.25, -0.2) is 9.78 Å². The van der Waals surface area contributed by atoms with E-state index < -0.39 is 5.60 Å². The van der Waals surface area contributed by atoms with Gasteiger partial charge >= 0.3 is 5.97 Å². The normalized spacial score (nSPS) is 11.8. The average Bonchev–Trinajstić information content (AvgIpc) is 2.89. The summed E-state index contributed by atoms with van der Waals surface area (Å²) in [6.07, 6.45) is 7.53. The first-order valence-electron chi connectivity index (χ1n) is 6.91. The summed E-state index contributed by atoms with van der Waals surface area (Å²) in [6, 6.07) is 7.99. The first-order chi connectivity index (χ1) is 9.92. The van der Waals surface area contributed by atoms with E-state index in [9.17, 15) is 4.79 Å². The van der Waals surface area contributed by atoms with E-state index in [0.717, 1.165) is 17.8 Å². The Kier molecular flexibility index (Phi) is 4.58. The summed E-state index contributed by atoms with van der Waals surface area (Å²) >= 11 is 0. The van der Waals surface area contributed by atoms with Crippen molar-refractivity contribution in [1.29, 1.82) is 0 Å². The zero-order chi connectivity index (χ0) is 15.3. The monoisotopic (exact) mass is 284 g/mol. The molecule has 1 aromatic heterocycles. The van der Waals surface area contributed by atoms with Crippen LogP contribution in [-0.2, 0) is 16.0 Å². The van der Waals surface area contributed by atoms with Crippen LogP contribution in [0.3, 0.4) is 0 Å². The van der Waals surface area contributed by atoms with Gasteiger partial charge in [0.05, 0.1) is 0 Å². The number of benzene rings is 1. The molecular formula is C17H20N2O2. The van der Waals surface area contributed by atoms with Crippen LogP contribution in [0.1, 0.15) is 37.7 Å². The lowest BCUT2D eigenvalue weighted by Gasteiger charge is -2.17. The summed E-state index contributed by atoms with van der Waals surface area (Å²) in [5.41, 5.74) is 1.66. The van der Waals surface area contributed by atoms with E-state index >= 15 is 0 Å². The zero-order valence-corrected chi connectivity index (χ0v) is 12.6. The van der Waals surface area contributed by atoms with Crippen molar-refractivity contribution in [3.8, 4) is 0 Å². The molecule has 0 spiro atoms. The number of ether oxygens (including phenoxy) is 1. The number of nitrogens with zero attached hydrogens (tertiary/aromatic N) is 1. The molecule has 0 aliphatic carbocycles. The summed E-state index contributed by atoms with van der Waals surface area (Å²) in [7, 11) is 0. The lowest BCUT2D eigenvalue weighted by Crippen LogP contribution is -2.22. The minimum Gasteiger partial charge on any atom is -0.457 e. The molecule has 0 radical (unpaired) electrons. The van der Waals surface area contributed by atoms with Gasteiger partial charge in [0.2, 0.25) is 0 Å². The van der Waals surface area contributed by atoms with E-state index in [1.807, 2.05) is 51.2 Å². The van der Waals surface area contributed by atoms with Crippen LogP contribution in [-0.4, -0.2) is 21.5 Å². The number of carbonyl (C=O) groups excluding carboxylic acids is 1. The van der Waals surface area contributed by atoms with Crippen molar-refractivity contribution < 1.29 is 9.53 Å². The Balaban J connectivity index is 1.94. The van der Waals surface area contributed by atoms with E-state index in [-0.39, 0.29) is 5.97 Å². The third kappa shape index (κ3) is 5.26. The molecule has 0 aliphatic heterocycles. The van der Waals surface area contributed by atoms with Crippen LogP contribution >= 0.6 is 0 Å². The molecule has 110 valence electrons. The predicted octanol–water partition coefficient (Wildman–Crippen LogP) is 3.36. The van der Waals surface area contributed by atoms with Gasteiger partial charge in [-0.3, -0.25) is 0 Å². The highest BCUT2D eigenvalue weighted by atomic mass is 16.6. The van der Waals surface area contributed by atoms with Crippen LogP contribution in [0.15, 0.2) is 42.7 Å². The van der Waals surface area contributed by atoms with E-state index in [1.165, 1.54) is 11.6 Å². The number of H-pyrrole nitrogens is 1. The molecule has 0 bridgehead atoms. The van der Waals surface area contributed by atoms with Gasteiger partial charge in [0, 0.05) is 24.9 Å². The molecule has 2 rings (SSSR count). The van der Waals surface area contributed by atoms with Gasteiger partial charge in [-0.15, -0.1) is 0 Å². The number of aromatic nitrogens is 2. The second kappa shape index (κ2) is 6.39. The van der Waals surface area contributed by atoms with E-state index in [0.29, 0.717) is 0 Å². The summed E-state index contributed by atoms with van der Waals surface area (Å²) < 4.78 is 5.22. The minimum atomic E-state index is -0.464. The standard InChI is InChI=1S/C17H20N2O2/c1-17(2,3)21-16(20)9-8-13-4-6-14(7-5-13)12-15-18-10-11-19-15/h4-11H,12H2,1-3H3,(H,18,19). The number of carbonyl (C=O) groups is 1. The number of aromatic amines is 1. The molecular weight excluding hydrogens is 264 g/mol. The first kappa shape index (κ1) is 15.0. The first-order valence-corrected chi connectivity index (χ1v) is 6.91. The van der Waals surface area contributed by atoms with Gasteiger partial charge in [-0.05, 0) is 38.0 Å². The Morgan fingerprint density at radius 1 is 1.29 bits per heavy atom. The maximum absolute atomic E-state index is 11.6. The minimum absolute atomic E-state index is 0.331. The Labute approximate surface area is 124 Å². The number of hydrogen-bond donors (Lipinski definition) is 1. The molecule has 0 unspecified atom stereocenters. The quantitative estimate of drug-likeness (QED) is 0.692. The molecule has 0 aliphatic rings. The molecule has 0 atom stereocenters. The van der Waals surface area contributed by atoms with Crippen molar-refractivity contribution in [3.63, 3.8) is 0 Å². The number of rotatable bonds is 4. The number of nitrogens with one attached hydrogen (secondary N) is 1. The Morgan fingerprint density at radius 3 is 2.57 bits per heavy atom. The number of hydrogen-bond acceptors (Lipinski definition) is 3. The Hall–Kier alpha value is -2.36. The highest BCUT2D eigenvalue weighted by Gasteiger charge is 2.13. The molecule has 0 amide bonds. The van der Waals surface area contributed by atoms with Gasteiger partial charge in [-0.2, -0.15) is 0 Å². The van der Waals surface area contributed by atoms with Gasteiger partial charge in [-0.1, -0.05) is 24.3 Å². The molecule has 1 aromatic carbocycles. The van der Waals surface area contributed by atoms with Gasteiger partial charge in [0.1, 0.15) is 11.4 Å². The second-order valence-electron chi connectivity index (χ2n) is 5.82. The molecule has 4 heteroatoms. The van der Waals surface area contributed by atoms with Crippen molar-refractivity contribution in [2.75, 3.05) is 0 Å².